The number of thiophene rings is 1. The van der Waals surface area contributed by atoms with Crippen molar-refractivity contribution in [2.75, 3.05) is 19.7 Å². The maximum Gasteiger partial charge on any atom is 0.290 e. The Morgan fingerprint density at radius 2 is 2.06 bits per heavy atom. The number of amides is 2. The van der Waals surface area contributed by atoms with Gasteiger partial charge in [-0.25, -0.2) is 0 Å². The number of carbonyl (C=O) groups excluding carboxylic acids is 2. The topological polar surface area (TPSA) is 63.0 Å². The standard InChI is InChI=1S/C25H27ClN2O4S/c1-3-17(2)28(25(30)22-5-4-13-31-22)15-24(29)27-12-10-23-20(11-14-33-23)21(27)16-32-19-8-6-18(26)7-9-19/h4-9,11,13-14,17,21H,3,10,12,15-16H2,1-2H3/t17-,21-/m0/s1. The van der Waals surface area contributed by atoms with Gasteiger partial charge in [0, 0.05) is 22.5 Å². The molecule has 174 valence electrons. The molecule has 2 amide bonds. The van der Waals surface area contributed by atoms with Gasteiger partial charge in [-0.05, 0) is 73.2 Å². The Morgan fingerprint density at radius 1 is 1.27 bits per heavy atom. The summed E-state index contributed by atoms with van der Waals surface area (Å²) in [5.74, 6) is 0.564. The first-order valence-corrected chi connectivity index (χ1v) is 12.3. The highest BCUT2D eigenvalue weighted by molar-refractivity contribution is 7.10. The highest BCUT2D eigenvalue weighted by atomic mass is 35.5. The van der Waals surface area contributed by atoms with E-state index < -0.39 is 0 Å². The number of hydrogen-bond acceptors (Lipinski definition) is 5. The van der Waals surface area contributed by atoms with Crippen molar-refractivity contribution in [3.05, 3.63) is 75.3 Å². The number of ether oxygens (including phenoxy) is 1. The molecule has 0 bridgehead atoms. The van der Waals surface area contributed by atoms with Crippen LogP contribution in [0.3, 0.4) is 0 Å². The van der Waals surface area contributed by atoms with Crippen LogP contribution in [0.15, 0.2) is 58.5 Å². The van der Waals surface area contributed by atoms with Gasteiger partial charge in [0.15, 0.2) is 5.76 Å². The highest BCUT2D eigenvalue weighted by Gasteiger charge is 2.34. The molecule has 3 heterocycles. The molecule has 3 aromatic rings. The summed E-state index contributed by atoms with van der Waals surface area (Å²) in [5, 5.41) is 2.70. The van der Waals surface area contributed by atoms with Crippen LogP contribution in [-0.2, 0) is 11.2 Å². The van der Waals surface area contributed by atoms with Crippen LogP contribution in [0.5, 0.6) is 5.75 Å². The van der Waals surface area contributed by atoms with Gasteiger partial charge >= 0.3 is 0 Å². The smallest absolute Gasteiger partial charge is 0.290 e. The largest absolute Gasteiger partial charge is 0.491 e. The Balaban J connectivity index is 1.53. The third kappa shape index (κ3) is 5.25. The summed E-state index contributed by atoms with van der Waals surface area (Å²) in [4.78, 5) is 31.3. The molecule has 0 spiro atoms. The second-order valence-electron chi connectivity index (χ2n) is 8.08. The molecule has 0 N–H and O–H groups in total. The molecule has 1 aliphatic heterocycles. The molecule has 1 aromatic carbocycles. The summed E-state index contributed by atoms with van der Waals surface area (Å²) in [7, 11) is 0. The van der Waals surface area contributed by atoms with Crippen LogP contribution >= 0.6 is 22.9 Å². The fourth-order valence-electron chi connectivity index (χ4n) is 4.01. The number of carbonyl (C=O) groups is 2. The first kappa shape index (κ1) is 23.4. The molecule has 1 aliphatic rings. The van der Waals surface area contributed by atoms with E-state index in [1.54, 1.807) is 40.5 Å². The van der Waals surface area contributed by atoms with E-state index >= 15 is 0 Å². The summed E-state index contributed by atoms with van der Waals surface area (Å²) in [5.41, 5.74) is 1.11. The molecule has 2 aromatic heterocycles. The normalized spacial score (nSPS) is 16.2. The molecular formula is C25H27ClN2O4S. The van der Waals surface area contributed by atoms with Gasteiger partial charge in [-0.1, -0.05) is 18.5 Å². The molecule has 6 nitrogen and oxygen atoms in total. The van der Waals surface area contributed by atoms with Gasteiger partial charge in [-0.3, -0.25) is 9.59 Å². The monoisotopic (exact) mass is 486 g/mol. The van der Waals surface area contributed by atoms with Crippen molar-refractivity contribution in [1.82, 2.24) is 9.80 Å². The van der Waals surface area contributed by atoms with Gasteiger partial charge in [0.25, 0.3) is 5.91 Å². The van der Waals surface area contributed by atoms with E-state index in [9.17, 15) is 9.59 Å². The Morgan fingerprint density at radius 3 is 2.76 bits per heavy atom. The first-order valence-electron chi connectivity index (χ1n) is 11.1. The van der Waals surface area contributed by atoms with Crippen molar-refractivity contribution >= 4 is 34.8 Å². The van der Waals surface area contributed by atoms with Gasteiger partial charge in [0.05, 0.1) is 12.3 Å². The molecule has 0 aliphatic carbocycles. The maximum absolute atomic E-state index is 13.5. The molecule has 2 atom stereocenters. The number of fused-ring (bicyclic) bond motifs is 1. The van der Waals surface area contributed by atoms with Crippen LogP contribution in [0.25, 0.3) is 0 Å². The minimum Gasteiger partial charge on any atom is -0.491 e. The zero-order chi connectivity index (χ0) is 23.4. The van der Waals surface area contributed by atoms with Gasteiger partial charge in [0.1, 0.15) is 18.9 Å². The van der Waals surface area contributed by atoms with Crippen LogP contribution in [-0.4, -0.2) is 47.4 Å². The summed E-state index contributed by atoms with van der Waals surface area (Å²) in [6.07, 6.45) is 3.00. The SMILES string of the molecule is CC[C@H](C)N(CC(=O)N1CCc2sccc2[C@@H]1COc1ccc(Cl)cc1)C(=O)c1ccco1. The maximum atomic E-state index is 13.5. The van der Waals surface area contributed by atoms with Crippen molar-refractivity contribution in [3.63, 3.8) is 0 Å². The minimum atomic E-state index is -0.273. The number of furan rings is 1. The third-order valence-electron chi connectivity index (χ3n) is 6.06. The fraction of sp³-hybridized carbons (Fsp3) is 0.360. The molecule has 8 heteroatoms. The molecule has 0 saturated heterocycles. The van der Waals surface area contributed by atoms with Crippen molar-refractivity contribution < 1.29 is 18.7 Å². The van der Waals surface area contributed by atoms with E-state index in [-0.39, 0.29) is 36.2 Å². The van der Waals surface area contributed by atoms with Crippen LogP contribution in [0.2, 0.25) is 5.02 Å². The second kappa shape index (κ2) is 10.4. The zero-order valence-corrected chi connectivity index (χ0v) is 20.3. The van der Waals surface area contributed by atoms with E-state index in [1.165, 1.54) is 11.1 Å². The Hall–Kier alpha value is -2.77. The Labute approximate surface area is 202 Å². The summed E-state index contributed by atoms with van der Waals surface area (Å²) in [6, 6.07) is 12.2. The predicted octanol–water partition coefficient (Wildman–Crippen LogP) is 5.44. The lowest BCUT2D eigenvalue weighted by molar-refractivity contribution is -0.136. The number of hydrogen-bond donors (Lipinski definition) is 0. The fourth-order valence-corrected chi connectivity index (χ4v) is 5.06. The second-order valence-corrected chi connectivity index (χ2v) is 9.52. The summed E-state index contributed by atoms with van der Waals surface area (Å²) < 4.78 is 11.4. The lowest BCUT2D eigenvalue weighted by atomic mass is 10.00. The van der Waals surface area contributed by atoms with Gasteiger partial charge in [0.2, 0.25) is 5.91 Å². The van der Waals surface area contributed by atoms with Crippen LogP contribution in [0.4, 0.5) is 0 Å². The Bertz CT molecular complexity index is 1080. The molecule has 0 fully saturated rings. The van der Waals surface area contributed by atoms with Crippen molar-refractivity contribution in [2.24, 2.45) is 0 Å². The van der Waals surface area contributed by atoms with Crippen LogP contribution in [0.1, 0.15) is 47.3 Å². The van der Waals surface area contributed by atoms with Crippen molar-refractivity contribution in [2.45, 2.75) is 38.8 Å². The molecule has 33 heavy (non-hydrogen) atoms. The van der Waals surface area contributed by atoms with E-state index in [2.05, 4.69) is 11.4 Å². The minimum absolute atomic E-state index is 0.00848. The highest BCUT2D eigenvalue weighted by Crippen LogP contribution is 2.34. The zero-order valence-electron chi connectivity index (χ0n) is 18.7. The lowest BCUT2D eigenvalue weighted by Gasteiger charge is -2.38. The van der Waals surface area contributed by atoms with Crippen molar-refractivity contribution in [1.29, 1.82) is 0 Å². The average molecular weight is 487 g/mol. The summed E-state index contributed by atoms with van der Waals surface area (Å²) >= 11 is 7.68. The third-order valence-corrected chi connectivity index (χ3v) is 7.31. The van der Waals surface area contributed by atoms with E-state index in [0.717, 1.165) is 18.4 Å². The van der Waals surface area contributed by atoms with E-state index in [0.29, 0.717) is 23.9 Å². The van der Waals surface area contributed by atoms with Crippen molar-refractivity contribution in [3.8, 4) is 5.75 Å². The lowest BCUT2D eigenvalue weighted by Crippen LogP contribution is -2.49. The average Bonchev–Trinajstić information content (AvgIpc) is 3.53. The molecule has 0 radical (unpaired) electrons. The number of benzene rings is 1. The number of halogens is 1. The number of rotatable bonds is 8. The quantitative estimate of drug-likeness (QED) is 0.425. The summed E-state index contributed by atoms with van der Waals surface area (Å²) in [6.45, 7) is 4.85. The van der Waals surface area contributed by atoms with Gasteiger partial charge < -0.3 is 19.0 Å². The van der Waals surface area contributed by atoms with Gasteiger partial charge in [-0.2, -0.15) is 0 Å². The van der Waals surface area contributed by atoms with E-state index in [4.69, 9.17) is 20.8 Å². The Kier molecular flexibility index (Phi) is 7.40. The molecule has 4 rings (SSSR count). The number of nitrogens with zero attached hydrogens (tertiary/aromatic N) is 2. The van der Waals surface area contributed by atoms with E-state index in [1.807, 2.05) is 30.9 Å². The predicted molar refractivity (Wildman–Crippen MR) is 129 cm³/mol. The molecular weight excluding hydrogens is 460 g/mol. The van der Waals surface area contributed by atoms with Crippen LogP contribution in [0, 0.1) is 0 Å². The van der Waals surface area contributed by atoms with Crippen LogP contribution < -0.4 is 4.74 Å². The molecule has 0 unspecified atom stereocenters. The first-order chi connectivity index (χ1) is 16.0. The van der Waals surface area contributed by atoms with Gasteiger partial charge in [-0.15, -0.1) is 11.3 Å². The molecule has 0 saturated carbocycles.